The number of piperazine rings is 1. The molecular formula is C28H37N3O2. The SMILES string of the molecule is C=CCN1C2CCC1C1CCC2N1C(C1=CCC(C(=O)N(C)C)C=C1)c1cccc(OC)c1. The average Bonchev–Trinajstić information content (AvgIpc) is 3.34. The minimum Gasteiger partial charge on any atom is -0.497 e. The highest BCUT2D eigenvalue weighted by Crippen LogP contribution is 2.51. The molecule has 0 N–H and O–H groups in total. The van der Waals surface area contributed by atoms with Gasteiger partial charge >= 0.3 is 0 Å². The molecule has 0 aromatic heterocycles. The number of rotatable bonds is 7. The second-order valence-corrected chi connectivity index (χ2v) is 10.2. The molecule has 3 saturated heterocycles. The highest BCUT2D eigenvalue weighted by Gasteiger charge is 2.56. The van der Waals surface area contributed by atoms with Crippen molar-refractivity contribution in [2.75, 3.05) is 27.7 Å². The molecule has 176 valence electrons. The van der Waals surface area contributed by atoms with E-state index in [1.54, 1.807) is 12.0 Å². The van der Waals surface area contributed by atoms with E-state index in [-0.39, 0.29) is 17.9 Å². The maximum atomic E-state index is 12.5. The molecule has 0 radical (unpaired) electrons. The van der Waals surface area contributed by atoms with Crippen LogP contribution >= 0.6 is 0 Å². The number of hydrogen-bond acceptors (Lipinski definition) is 4. The van der Waals surface area contributed by atoms with E-state index >= 15 is 0 Å². The zero-order chi connectivity index (χ0) is 23.1. The van der Waals surface area contributed by atoms with Gasteiger partial charge in [0.15, 0.2) is 0 Å². The van der Waals surface area contributed by atoms with Crippen molar-refractivity contribution < 1.29 is 9.53 Å². The Kier molecular flexibility index (Phi) is 6.19. The number of hydrogen-bond donors (Lipinski definition) is 0. The normalized spacial score (nSPS) is 31.8. The van der Waals surface area contributed by atoms with E-state index in [4.69, 9.17) is 4.74 Å². The molecule has 6 atom stereocenters. The van der Waals surface area contributed by atoms with Crippen LogP contribution in [0.5, 0.6) is 5.75 Å². The third-order valence-corrected chi connectivity index (χ3v) is 8.27. The summed E-state index contributed by atoms with van der Waals surface area (Å²) < 4.78 is 5.60. The molecule has 0 saturated carbocycles. The van der Waals surface area contributed by atoms with Gasteiger partial charge in [0.25, 0.3) is 0 Å². The lowest BCUT2D eigenvalue weighted by atomic mass is 9.86. The van der Waals surface area contributed by atoms with E-state index in [9.17, 15) is 4.79 Å². The lowest BCUT2D eigenvalue weighted by molar-refractivity contribution is -0.131. The van der Waals surface area contributed by atoms with Crippen molar-refractivity contribution in [1.29, 1.82) is 0 Å². The maximum Gasteiger partial charge on any atom is 0.229 e. The van der Waals surface area contributed by atoms with E-state index in [0.29, 0.717) is 24.2 Å². The number of amides is 1. The molecule has 4 aliphatic rings. The topological polar surface area (TPSA) is 36.0 Å². The summed E-state index contributed by atoms with van der Waals surface area (Å²) in [6.07, 6.45) is 14.6. The Labute approximate surface area is 198 Å². The zero-order valence-corrected chi connectivity index (χ0v) is 20.2. The number of fused-ring (bicyclic) bond motifs is 6. The van der Waals surface area contributed by atoms with Crippen LogP contribution in [-0.4, -0.2) is 72.5 Å². The predicted molar refractivity (Wildman–Crippen MR) is 132 cm³/mol. The Morgan fingerprint density at radius 1 is 1.18 bits per heavy atom. The molecular weight excluding hydrogens is 410 g/mol. The number of carbonyl (C=O) groups excluding carboxylic acids is 1. The first kappa shape index (κ1) is 22.4. The van der Waals surface area contributed by atoms with Gasteiger partial charge in [-0.05, 0) is 55.4 Å². The summed E-state index contributed by atoms with van der Waals surface area (Å²) in [6.45, 7) is 5.03. The summed E-state index contributed by atoms with van der Waals surface area (Å²) in [5.41, 5.74) is 2.61. The highest BCUT2D eigenvalue weighted by atomic mass is 16.5. The van der Waals surface area contributed by atoms with Crippen LogP contribution in [0.1, 0.15) is 43.7 Å². The van der Waals surface area contributed by atoms with Crippen LogP contribution in [0.25, 0.3) is 0 Å². The largest absolute Gasteiger partial charge is 0.497 e. The second-order valence-electron chi connectivity index (χ2n) is 10.2. The number of allylic oxidation sites excluding steroid dienone is 1. The molecule has 3 fully saturated rings. The Morgan fingerprint density at radius 3 is 2.45 bits per heavy atom. The van der Waals surface area contributed by atoms with E-state index in [2.05, 4.69) is 58.9 Å². The molecule has 5 heteroatoms. The number of benzene rings is 1. The first-order chi connectivity index (χ1) is 16.0. The van der Waals surface area contributed by atoms with Crippen LogP contribution < -0.4 is 4.74 Å². The molecule has 5 rings (SSSR count). The van der Waals surface area contributed by atoms with E-state index in [1.807, 2.05) is 20.2 Å². The van der Waals surface area contributed by atoms with Gasteiger partial charge in [-0.1, -0.05) is 36.4 Å². The van der Waals surface area contributed by atoms with E-state index in [1.165, 1.54) is 36.8 Å². The lowest BCUT2D eigenvalue weighted by Crippen LogP contribution is -2.61. The highest BCUT2D eigenvalue weighted by molar-refractivity contribution is 5.80. The fourth-order valence-electron chi connectivity index (χ4n) is 6.92. The van der Waals surface area contributed by atoms with Gasteiger partial charge in [0, 0.05) is 44.8 Å². The van der Waals surface area contributed by atoms with Crippen molar-refractivity contribution in [2.24, 2.45) is 5.92 Å². The van der Waals surface area contributed by atoms with Gasteiger partial charge in [0.05, 0.1) is 19.1 Å². The lowest BCUT2D eigenvalue weighted by Gasteiger charge is -2.50. The van der Waals surface area contributed by atoms with Crippen LogP contribution in [-0.2, 0) is 4.79 Å². The summed E-state index contributed by atoms with van der Waals surface area (Å²) in [4.78, 5) is 19.8. The van der Waals surface area contributed by atoms with E-state index in [0.717, 1.165) is 18.7 Å². The molecule has 6 unspecified atom stereocenters. The molecule has 33 heavy (non-hydrogen) atoms. The standard InChI is InChI=1S/C28H37N3O2/c1-5-17-30-23-13-14-24(30)26-16-15-25(23)31(26)27(21-7-6-8-22(18-21)33-4)19-9-11-20(12-10-19)28(32)29(2)3/h5-11,18,20,23-27H,1,12-17H2,2-4H3. The summed E-state index contributed by atoms with van der Waals surface area (Å²) in [6, 6.07) is 11.1. The third-order valence-electron chi connectivity index (χ3n) is 8.27. The van der Waals surface area contributed by atoms with Gasteiger partial charge in [0.2, 0.25) is 5.91 Å². The molecule has 1 aromatic carbocycles. The van der Waals surface area contributed by atoms with Crippen molar-refractivity contribution in [3.63, 3.8) is 0 Å². The van der Waals surface area contributed by atoms with Gasteiger partial charge in [-0.3, -0.25) is 14.6 Å². The first-order valence-corrected chi connectivity index (χ1v) is 12.4. The van der Waals surface area contributed by atoms with Crippen molar-refractivity contribution in [3.8, 4) is 5.75 Å². The fourth-order valence-corrected chi connectivity index (χ4v) is 6.92. The number of carbonyl (C=O) groups is 1. The first-order valence-electron chi connectivity index (χ1n) is 12.4. The van der Waals surface area contributed by atoms with Crippen molar-refractivity contribution in [1.82, 2.24) is 14.7 Å². The van der Waals surface area contributed by atoms with Crippen LogP contribution in [0.4, 0.5) is 0 Å². The van der Waals surface area contributed by atoms with E-state index < -0.39 is 0 Å². The minimum absolute atomic E-state index is 0.0629. The molecule has 1 aromatic rings. The Morgan fingerprint density at radius 2 is 1.88 bits per heavy atom. The molecule has 1 aliphatic carbocycles. The molecule has 5 nitrogen and oxygen atoms in total. The van der Waals surface area contributed by atoms with Gasteiger partial charge in [-0.2, -0.15) is 0 Å². The molecule has 3 aliphatic heterocycles. The molecule has 1 amide bonds. The quantitative estimate of drug-likeness (QED) is 0.587. The number of methoxy groups -OCH3 is 1. The van der Waals surface area contributed by atoms with Gasteiger partial charge in [-0.15, -0.1) is 6.58 Å². The summed E-state index contributed by atoms with van der Waals surface area (Å²) in [5, 5.41) is 0. The molecule has 0 spiro atoms. The summed E-state index contributed by atoms with van der Waals surface area (Å²) in [5.74, 6) is 1.02. The predicted octanol–water partition coefficient (Wildman–Crippen LogP) is 4.19. The van der Waals surface area contributed by atoms with Crippen molar-refractivity contribution >= 4 is 5.91 Å². The van der Waals surface area contributed by atoms with Crippen LogP contribution in [0.15, 0.2) is 60.7 Å². The second kappa shape index (κ2) is 9.11. The van der Waals surface area contributed by atoms with Gasteiger partial charge in [0.1, 0.15) is 5.75 Å². The van der Waals surface area contributed by atoms with Crippen molar-refractivity contribution in [3.05, 3.63) is 66.3 Å². The summed E-state index contributed by atoms with van der Waals surface area (Å²) in [7, 11) is 5.42. The van der Waals surface area contributed by atoms with Crippen LogP contribution in [0, 0.1) is 5.92 Å². The monoisotopic (exact) mass is 447 g/mol. The Bertz CT molecular complexity index is 948. The van der Waals surface area contributed by atoms with Crippen LogP contribution in [0.3, 0.4) is 0 Å². The zero-order valence-electron chi connectivity index (χ0n) is 20.2. The molecule has 4 bridgehead atoms. The Hall–Kier alpha value is -2.37. The summed E-state index contributed by atoms with van der Waals surface area (Å²) >= 11 is 0. The third kappa shape index (κ3) is 3.85. The average molecular weight is 448 g/mol. The number of nitrogens with zero attached hydrogens (tertiary/aromatic N) is 3. The smallest absolute Gasteiger partial charge is 0.229 e. The van der Waals surface area contributed by atoms with Gasteiger partial charge in [-0.25, -0.2) is 0 Å². The maximum absolute atomic E-state index is 12.5. The molecule has 3 heterocycles. The Balaban J connectivity index is 1.51. The number of ether oxygens (including phenoxy) is 1. The minimum atomic E-state index is -0.0629. The fraction of sp³-hybridized carbons (Fsp3) is 0.536. The van der Waals surface area contributed by atoms with Crippen LogP contribution in [0.2, 0.25) is 0 Å². The van der Waals surface area contributed by atoms with Crippen molar-refractivity contribution in [2.45, 2.75) is 62.3 Å². The van der Waals surface area contributed by atoms with Gasteiger partial charge < -0.3 is 9.64 Å².